The summed E-state index contributed by atoms with van der Waals surface area (Å²) >= 11 is 7.85. The topological polar surface area (TPSA) is 50.9 Å². The molecule has 0 amide bonds. The number of nitrogens with two attached hydrogens (primary N) is 1. The van der Waals surface area contributed by atoms with Crippen molar-refractivity contribution < 1.29 is 4.74 Å². The van der Waals surface area contributed by atoms with E-state index in [4.69, 9.17) is 22.1 Å². The second kappa shape index (κ2) is 9.76. The largest absolute Gasteiger partial charge is 0.375 e. The first-order chi connectivity index (χ1) is 9.70. The third-order valence-corrected chi connectivity index (χ3v) is 4.47. The first-order valence-electron chi connectivity index (χ1n) is 6.61. The molecule has 1 saturated heterocycles. The van der Waals surface area contributed by atoms with Crippen LogP contribution in [0.4, 0.5) is 0 Å². The van der Waals surface area contributed by atoms with Gasteiger partial charge in [0.25, 0.3) is 0 Å². The van der Waals surface area contributed by atoms with E-state index in [1.165, 1.54) is 0 Å². The number of benzene rings is 1. The van der Waals surface area contributed by atoms with E-state index in [1.54, 1.807) is 7.11 Å². The Bertz CT molecular complexity index is 452. The predicted molar refractivity (Wildman–Crippen MR) is 102 cm³/mol. The van der Waals surface area contributed by atoms with Gasteiger partial charge in [0, 0.05) is 36.7 Å². The summed E-state index contributed by atoms with van der Waals surface area (Å²) in [5.74, 6) is 2.84. The molecule has 1 aromatic carbocycles. The smallest absolute Gasteiger partial charge is 0.191 e. The van der Waals surface area contributed by atoms with Crippen molar-refractivity contribution in [2.45, 2.75) is 6.10 Å². The van der Waals surface area contributed by atoms with Crippen LogP contribution in [0.2, 0.25) is 5.02 Å². The van der Waals surface area contributed by atoms with Gasteiger partial charge in [0.1, 0.15) is 6.10 Å². The molecule has 1 aromatic rings. The molecule has 1 unspecified atom stereocenters. The molecule has 0 aliphatic carbocycles. The second-order valence-electron chi connectivity index (χ2n) is 4.57. The Labute approximate surface area is 152 Å². The van der Waals surface area contributed by atoms with Crippen LogP contribution in [-0.4, -0.2) is 49.1 Å². The molecule has 1 aliphatic rings. The van der Waals surface area contributed by atoms with Gasteiger partial charge in [-0.1, -0.05) is 23.7 Å². The lowest BCUT2D eigenvalue weighted by Gasteiger charge is -2.27. The minimum Gasteiger partial charge on any atom is -0.375 e. The lowest BCUT2D eigenvalue weighted by Crippen LogP contribution is -2.42. The molecule has 1 atom stereocenters. The van der Waals surface area contributed by atoms with Crippen LogP contribution in [0.5, 0.6) is 0 Å². The zero-order valence-electron chi connectivity index (χ0n) is 12.0. The SMILES string of the molecule is COC(CN=C(N)N1CCSCC1)c1ccc(Cl)cc1.I. The molecule has 4 nitrogen and oxygen atoms in total. The molecule has 0 aromatic heterocycles. The van der Waals surface area contributed by atoms with E-state index in [0.717, 1.165) is 35.2 Å². The lowest BCUT2D eigenvalue weighted by atomic mass is 10.1. The van der Waals surface area contributed by atoms with E-state index in [9.17, 15) is 0 Å². The number of thioether (sulfide) groups is 1. The normalized spacial score (nSPS) is 17.2. The Balaban J connectivity index is 0.00000220. The standard InChI is InChI=1S/C14H20ClN3OS.HI/c1-19-13(11-2-4-12(15)5-3-11)10-17-14(16)18-6-8-20-9-7-18;/h2-5,13H,6-10H2,1H3,(H2,16,17);1H. The molecular weight excluding hydrogens is 421 g/mol. The van der Waals surface area contributed by atoms with E-state index in [-0.39, 0.29) is 30.1 Å². The van der Waals surface area contributed by atoms with Crippen LogP contribution in [-0.2, 0) is 4.74 Å². The second-order valence-corrected chi connectivity index (χ2v) is 6.24. The van der Waals surface area contributed by atoms with Gasteiger partial charge in [0.2, 0.25) is 0 Å². The highest BCUT2D eigenvalue weighted by Crippen LogP contribution is 2.19. The minimum absolute atomic E-state index is 0. The molecule has 0 spiro atoms. The van der Waals surface area contributed by atoms with Gasteiger partial charge in [0.05, 0.1) is 6.54 Å². The zero-order valence-corrected chi connectivity index (χ0v) is 15.9. The molecule has 2 N–H and O–H groups in total. The van der Waals surface area contributed by atoms with Crippen LogP contribution < -0.4 is 5.73 Å². The van der Waals surface area contributed by atoms with E-state index >= 15 is 0 Å². The summed E-state index contributed by atoms with van der Waals surface area (Å²) in [6.07, 6.45) is -0.0926. The van der Waals surface area contributed by atoms with Gasteiger partial charge in [-0.3, -0.25) is 4.99 Å². The van der Waals surface area contributed by atoms with Gasteiger partial charge in [-0.05, 0) is 17.7 Å². The van der Waals surface area contributed by atoms with Gasteiger partial charge >= 0.3 is 0 Å². The van der Waals surface area contributed by atoms with E-state index < -0.39 is 0 Å². The number of guanidine groups is 1. The number of hydrogen-bond donors (Lipinski definition) is 1. The Morgan fingerprint density at radius 2 is 2.00 bits per heavy atom. The van der Waals surface area contributed by atoms with Crippen molar-refractivity contribution in [3.05, 3.63) is 34.9 Å². The summed E-state index contributed by atoms with van der Waals surface area (Å²) in [4.78, 5) is 6.60. The Hall–Kier alpha value is -0.180. The van der Waals surface area contributed by atoms with Crippen LogP contribution in [0.25, 0.3) is 0 Å². The number of ether oxygens (including phenoxy) is 1. The predicted octanol–water partition coefficient (Wildman–Crippen LogP) is 3.01. The molecule has 0 saturated carbocycles. The maximum atomic E-state index is 6.04. The Morgan fingerprint density at radius 3 is 2.57 bits per heavy atom. The van der Waals surface area contributed by atoms with Crippen molar-refractivity contribution in [2.75, 3.05) is 38.2 Å². The average molecular weight is 442 g/mol. The molecule has 0 bridgehead atoms. The van der Waals surface area contributed by atoms with Crippen molar-refractivity contribution in [3.63, 3.8) is 0 Å². The van der Waals surface area contributed by atoms with Gasteiger partial charge in [0.15, 0.2) is 5.96 Å². The Kier molecular flexibility index (Phi) is 8.77. The summed E-state index contributed by atoms with van der Waals surface area (Å²) in [6.45, 7) is 2.46. The summed E-state index contributed by atoms with van der Waals surface area (Å²) in [7, 11) is 1.68. The number of methoxy groups -OCH3 is 1. The lowest BCUT2D eigenvalue weighted by molar-refractivity contribution is 0.110. The van der Waals surface area contributed by atoms with E-state index in [0.29, 0.717) is 12.5 Å². The highest BCUT2D eigenvalue weighted by Gasteiger charge is 2.14. The van der Waals surface area contributed by atoms with Crippen LogP contribution in [0.3, 0.4) is 0 Å². The first kappa shape index (κ1) is 18.9. The average Bonchev–Trinajstić information content (AvgIpc) is 2.50. The highest BCUT2D eigenvalue weighted by molar-refractivity contribution is 14.0. The van der Waals surface area contributed by atoms with Crippen molar-refractivity contribution in [3.8, 4) is 0 Å². The van der Waals surface area contributed by atoms with Gasteiger partial charge in [-0.25, -0.2) is 0 Å². The molecule has 1 fully saturated rings. The molecule has 0 radical (unpaired) electrons. The van der Waals surface area contributed by atoms with Crippen LogP contribution >= 0.6 is 47.3 Å². The number of nitrogens with zero attached hydrogens (tertiary/aromatic N) is 2. The monoisotopic (exact) mass is 441 g/mol. The van der Waals surface area contributed by atoms with E-state index in [2.05, 4.69) is 9.89 Å². The Morgan fingerprint density at radius 1 is 1.38 bits per heavy atom. The van der Waals surface area contributed by atoms with Crippen LogP contribution in [0, 0.1) is 0 Å². The molecule has 21 heavy (non-hydrogen) atoms. The van der Waals surface area contributed by atoms with Gasteiger partial charge < -0.3 is 15.4 Å². The maximum absolute atomic E-state index is 6.04. The first-order valence-corrected chi connectivity index (χ1v) is 8.15. The summed E-state index contributed by atoms with van der Waals surface area (Å²) < 4.78 is 5.49. The molecule has 118 valence electrons. The number of aliphatic imine (C=N–C) groups is 1. The number of hydrogen-bond acceptors (Lipinski definition) is 3. The van der Waals surface area contributed by atoms with Crippen molar-refractivity contribution in [1.29, 1.82) is 0 Å². The van der Waals surface area contributed by atoms with Crippen molar-refractivity contribution in [2.24, 2.45) is 10.7 Å². The molecular formula is C14H21ClIN3OS. The molecule has 1 heterocycles. The van der Waals surface area contributed by atoms with Gasteiger partial charge in [-0.2, -0.15) is 11.8 Å². The van der Waals surface area contributed by atoms with E-state index in [1.807, 2.05) is 36.0 Å². The maximum Gasteiger partial charge on any atom is 0.191 e. The zero-order chi connectivity index (χ0) is 14.4. The highest BCUT2D eigenvalue weighted by atomic mass is 127. The molecule has 1 aliphatic heterocycles. The van der Waals surface area contributed by atoms with Crippen LogP contribution in [0.15, 0.2) is 29.3 Å². The molecule has 7 heteroatoms. The van der Waals surface area contributed by atoms with Crippen molar-refractivity contribution in [1.82, 2.24) is 4.90 Å². The van der Waals surface area contributed by atoms with Gasteiger partial charge in [-0.15, -0.1) is 24.0 Å². The summed E-state index contributed by atoms with van der Waals surface area (Å²) in [6, 6.07) is 7.63. The summed E-state index contributed by atoms with van der Waals surface area (Å²) in [5.41, 5.74) is 7.10. The minimum atomic E-state index is -0.0926. The third kappa shape index (κ3) is 5.84. The summed E-state index contributed by atoms with van der Waals surface area (Å²) in [5, 5.41) is 0.720. The fourth-order valence-electron chi connectivity index (χ4n) is 2.06. The molecule has 2 rings (SSSR count). The quantitative estimate of drug-likeness (QED) is 0.443. The fourth-order valence-corrected chi connectivity index (χ4v) is 3.09. The third-order valence-electron chi connectivity index (χ3n) is 3.28. The van der Waals surface area contributed by atoms with Crippen LogP contribution in [0.1, 0.15) is 11.7 Å². The number of halogens is 2. The van der Waals surface area contributed by atoms with Crippen molar-refractivity contribution >= 4 is 53.3 Å². The number of rotatable bonds is 4. The fraction of sp³-hybridized carbons (Fsp3) is 0.500.